The number of hydrogen-bond acceptors (Lipinski definition) is 6. The minimum Gasteiger partial charge on any atom is -0.497 e. The van der Waals surface area contributed by atoms with E-state index in [4.69, 9.17) is 25.8 Å². The summed E-state index contributed by atoms with van der Waals surface area (Å²) < 4.78 is 44.6. The van der Waals surface area contributed by atoms with E-state index in [9.17, 15) is 13.2 Å². The summed E-state index contributed by atoms with van der Waals surface area (Å²) in [6.07, 6.45) is -1.03. The molecule has 0 bridgehead atoms. The second-order valence-electron chi connectivity index (χ2n) is 7.38. The summed E-state index contributed by atoms with van der Waals surface area (Å²) in [5.41, 5.74) is 0.369. The monoisotopic (exact) mass is 502 g/mol. The Kier molecular flexibility index (Phi) is 7.14. The van der Waals surface area contributed by atoms with Gasteiger partial charge in [0, 0.05) is 5.02 Å². The Morgan fingerprint density at radius 3 is 2.44 bits per heavy atom. The molecule has 1 amide bonds. The molecular formula is C24H23ClN2O6S. The normalized spacial score (nSPS) is 15.1. The number of carbonyl (C=O) groups excluding carboxylic acids is 1. The van der Waals surface area contributed by atoms with Crippen LogP contribution in [-0.2, 0) is 14.8 Å². The lowest BCUT2D eigenvalue weighted by Crippen LogP contribution is -2.51. The Morgan fingerprint density at radius 1 is 1.06 bits per heavy atom. The summed E-state index contributed by atoms with van der Waals surface area (Å²) in [5, 5.41) is 3.34. The molecule has 0 spiro atoms. The van der Waals surface area contributed by atoms with Gasteiger partial charge in [0.2, 0.25) is 0 Å². The van der Waals surface area contributed by atoms with Crippen LogP contribution in [0.2, 0.25) is 5.02 Å². The van der Waals surface area contributed by atoms with Gasteiger partial charge in [-0.15, -0.1) is 0 Å². The highest BCUT2D eigenvalue weighted by atomic mass is 35.5. The number of methoxy groups -OCH3 is 1. The standard InChI is InChI=1S/C24H23ClN2O6S/c1-31-18-10-12-20(13-11-18)34(29,30)27-16-23(33-22-5-3-2-4-21(22)27)24(28)26-14-15-32-19-8-6-17(25)7-9-19/h2-13,23H,14-16H2,1H3,(H,26,28). The van der Waals surface area contributed by atoms with Crippen molar-refractivity contribution in [3.05, 3.63) is 77.8 Å². The molecule has 4 rings (SSSR count). The molecule has 1 N–H and O–H groups in total. The molecule has 0 radical (unpaired) electrons. The Hall–Kier alpha value is -3.43. The van der Waals surface area contributed by atoms with Crippen LogP contribution in [0.3, 0.4) is 0 Å². The highest BCUT2D eigenvalue weighted by molar-refractivity contribution is 7.92. The summed E-state index contributed by atoms with van der Waals surface area (Å²) in [7, 11) is -2.44. The summed E-state index contributed by atoms with van der Waals surface area (Å²) in [6, 6.07) is 19.7. The number of benzene rings is 3. The Bertz CT molecular complexity index is 1250. The predicted octanol–water partition coefficient (Wildman–Crippen LogP) is 3.50. The molecule has 1 aliphatic heterocycles. The number of hydrogen-bond donors (Lipinski definition) is 1. The van der Waals surface area contributed by atoms with Crippen LogP contribution in [0, 0.1) is 0 Å². The summed E-state index contributed by atoms with van der Waals surface area (Å²) in [4.78, 5) is 12.9. The lowest BCUT2D eigenvalue weighted by atomic mass is 10.2. The van der Waals surface area contributed by atoms with Crippen molar-refractivity contribution in [3.63, 3.8) is 0 Å². The average Bonchev–Trinajstić information content (AvgIpc) is 2.86. The Labute approximate surface area is 203 Å². The number of sulfonamides is 1. The van der Waals surface area contributed by atoms with E-state index in [1.54, 1.807) is 60.7 Å². The Balaban J connectivity index is 1.46. The van der Waals surface area contributed by atoms with Crippen molar-refractivity contribution in [2.24, 2.45) is 0 Å². The van der Waals surface area contributed by atoms with Gasteiger partial charge in [0.1, 0.15) is 23.9 Å². The van der Waals surface area contributed by atoms with E-state index in [-0.39, 0.29) is 24.6 Å². The molecule has 178 valence electrons. The molecule has 0 saturated carbocycles. The lowest BCUT2D eigenvalue weighted by Gasteiger charge is -2.34. The number of para-hydroxylation sites is 2. The van der Waals surface area contributed by atoms with E-state index in [1.165, 1.54) is 23.5 Å². The van der Waals surface area contributed by atoms with Crippen LogP contribution in [0.4, 0.5) is 5.69 Å². The van der Waals surface area contributed by atoms with Crippen LogP contribution in [0.15, 0.2) is 77.7 Å². The predicted molar refractivity (Wildman–Crippen MR) is 128 cm³/mol. The van der Waals surface area contributed by atoms with Crippen LogP contribution >= 0.6 is 11.6 Å². The highest BCUT2D eigenvalue weighted by Crippen LogP contribution is 2.37. The summed E-state index contributed by atoms with van der Waals surface area (Å²) >= 11 is 5.85. The maximum absolute atomic E-state index is 13.4. The lowest BCUT2D eigenvalue weighted by molar-refractivity contribution is -0.127. The first-order valence-corrected chi connectivity index (χ1v) is 12.3. The van der Waals surface area contributed by atoms with Crippen molar-refractivity contribution < 1.29 is 27.4 Å². The van der Waals surface area contributed by atoms with Gasteiger partial charge >= 0.3 is 0 Å². The molecule has 1 heterocycles. The van der Waals surface area contributed by atoms with Crippen LogP contribution < -0.4 is 23.8 Å². The van der Waals surface area contributed by atoms with Gasteiger partial charge < -0.3 is 19.5 Å². The van der Waals surface area contributed by atoms with Gasteiger partial charge in [-0.1, -0.05) is 23.7 Å². The molecule has 10 heteroatoms. The number of nitrogens with zero attached hydrogens (tertiary/aromatic N) is 1. The number of anilines is 1. The van der Waals surface area contributed by atoms with Crippen molar-refractivity contribution in [1.29, 1.82) is 0 Å². The van der Waals surface area contributed by atoms with Crippen molar-refractivity contribution in [1.82, 2.24) is 5.32 Å². The number of amides is 1. The van der Waals surface area contributed by atoms with Crippen molar-refractivity contribution in [2.45, 2.75) is 11.0 Å². The topological polar surface area (TPSA) is 94.2 Å². The second kappa shape index (κ2) is 10.2. The maximum Gasteiger partial charge on any atom is 0.264 e. The molecule has 3 aromatic rings. The van der Waals surface area contributed by atoms with E-state index >= 15 is 0 Å². The summed E-state index contributed by atoms with van der Waals surface area (Å²) in [5.74, 6) is 1.03. The van der Waals surface area contributed by atoms with E-state index in [2.05, 4.69) is 5.32 Å². The molecule has 34 heavy (non-hydrogen) atoms. The van der Waals surface area contributed by atoms with Crippen LogP contribution in [0.1, 0.15) is 0 Å². The quantitative estimate of drug-likeness (QED) is 0.474. The number of carbonyl (C=O) groups is 1. The second-order valence-corrected chi connectivity index (χ2v) is 9.68. The first-order chi connectivity index (χ1) is 16.4. The van der Waals surface area contributed by atoms with Crippen LogP contribution in [-0.4, -0.2) is 47.2 Å². The highest BCUT2D eigenvalue weighted by Gasteiger charge is 2.37. The summed E-state index contributed by atoms with van der Waals surface area (Å²) in [6.45, 7) is 0.272. The van der Waals surface area contributed by atoms with Gasteiger partial charge in [-0.3, -0.25) is 9.10 Å². The molecule has 1 aliphatic rings. The zero-order valence-corrected chi connectivity index (χ0v) is 19.9. The third kappa shape index (κ3) is 5.21. The van der Waals surface area contributed by atoms with E-state index in [0.29, 0.717) is 28.0 Å². The van der Waals surface area contributed by atoms with Crippen LogP contribution in [0.5, 0.6) is 17.2 Å². The molecule has 0 saturated heterocycles. The molecule has 0 aliphatic carbocycles. The fourth-order valence-corrected chi connectivity index (χ4v) is 5.03. The van der Waals surface area contributed by atoms with Gasteiger partial charge in [0.25, 0.3) is 15.9 Å². The van der Waals surface area contributed by atoms with Gasteiger partial charge in [-0.25, -0.2) is 8.42 Å². The Morgan fingerprint density at radius 2 is 1.74 bits per heavy atom. The molecule has 1 atom stereocenters. The van der Waals surface area contributed by atoms with E-state index in [0.717, 1.165) is 0 Å². The SMILES string of the molecule is COc1ccc(S(=O)(=O)N2CC(C(=O)NCCOc3ccc(Cl)cc3)Oc3ccccc32)cc1. The smallest absolute Gasteiger partial charge is 0.264 e. The van der Waals surface area contributed by atoms with Gasteiger partial charge in [0.05, 0.1) is 30.8 Å². The minimum atomic E-state index is -3.95. The zero-order chi connectivity index (χ0) is 24.1. The molecule has 3 aromatic carbocycles. The maximum atomic E-state index is 13.4. The van der Waals surface area contributed by atoms with Crippen molar-refractivity contribution in [3.8, 4) is 17.2 Å². The van der Waals surface area contributed by atoms with Gasteiger partial charge in [-0.2, -0.15) is 0 Å². The number of ether oxygens (including phenoxy) is 3. The molecular weight excluding hydrogens is 480 g/mol. The largest absolute Gasteiger partial charge is 0.497 e. The number of fused-ring (bicyclic) bond motifs is 1. The number of rotatable bonds is 8. The van der Waals surface area contributed by atoms with E-state index < -0.39 is 22.0 Å². The molecule has 8 nitrogen and oxygen atoms in total. The van der Waals surface area contributed by atoms with Crippen LogP contribution in [0.25, 0.3) is 0 Å². The molecule has 0 aromatic heterocycles. The average molecular weight is 503 g/mol. The first-order valence-electron chi connectivity index (χ1n) is 10.5. The molecule has 1 unspecified atom stereocenters. The third-order valence-corrected chi connectivity index (χ3v) is 7.20. The number of halogens is 1. The van der Waals surface area contributed by atoms with E-state index in [1.807, 2.05) is 0 Å². The van der Waals surface area contributed by atoms with Gasteiger partial charge in [0.15, 0.2) is 6.10 Å². The minimum absolute atomic E-state index is 0.0838. The first kappa shape index (κ1) is 23.7. The van der Waals surface area contributed by atoms with Crippen molar-refractivity contribution in [2.75, 3.05) is 31.1 Å². The zero-order valence-electron chi connectivity index (χ0n) is 18.3. The fourth-order valence-electron chi connectivity index (χ4n) is 3.43. The van der Waals surface area contributed by atoms with Gasteiger partial charge in [-0.05, 0) is 60.7 Å². The van der Waals surface area contributed by atoms with Crippen molar-refractivity contribution >= 4 is 33.2 Å². The number of nitrogens with one attached hydrogen (secondary N) is 1. The fraction of sp³-hybridized carbons (Fsp3) is 0.208. The third-order valence-electron chi connectivity index (χ3n) is 5.16. The molecule has 0 fully saturated rings.